The van der Waals surface area contributed by atoms with Crippen LogP contribution in [0, 0.1) is 6.92 Å². The van der Waals surface area contributed by atoms with Crippen LogP contribution in [0.5, 0.6) is 0 Å². The lowest BCUT2D eigenvalue weighted by Gasteiger charge is -2.07. The summed E-state index contributed by atoms with van der Waals surface area (Å²) in [5.41, 5.74) is 2.67. The molecule has 0 amide bonds. The van der Waals surface area contributed by atoms with E-state index in [1.807, 2.05) is 37.3 Å². The van der Waals surface area contributed by atoms with Crippen LogP contribution in [-0.2, 0) is 0 Å². The summed E-state index contributed by atoms with van der Waals surface area (Å²) < 4.78 is 0. The number of halogens is 2. The summed E-state index contributed by atoms with van der Waals surface area (Å²) in [5, 5.41) is 1.35. The summed E-state index contributed by atoms with van der Waals surface area (Å²) in [5.74, 6) is 0. The molecule has 0 fully saturated rings. The molecule has 0 aliphatic heterocycles. The number of pyridine rings is 1. The van der Waals surface area contributed by atoms with Crippen molar-refractivity contribution in [2.75, 3.05) is 0 Å². The highest BCUT2D eigenvalue weighted by atomic mass is 35.5. The molecule has 0 saturated carbocycles. The van der Waals surface area contributed by atoms with Crippen LogP contribution in [0.15, 0.2) is 36.5 Å². The minimum absolute atomic E-state index is 0.668. The Bertz CT molecular complexity index is 480. The lowest BCUT2D eigenvalue weighted by Crippen LogP contribution is -1.86. The molecule has 2 rings (SSSR count). The maximum absolute atomic E-state index is 6.21. The van der Waals surface area contributed by atoms with Gasteiger partial charge < -0.3 is 0 Å². The zero-order chi connectivity index (χ0) is 10.8. The Hall–Kier alpha value is -1.05. The molecule has 76 valence electrons. The molecular formula is C12H9Cl2N. The number of aromatic nitrogens is 1. The molecule has 1 aromatic heterocycles. The zero-order valence-electron chi connectivity index (χ0n) is 8.17. The van der Waals surface area contributed by atoms with E-state index in [-0.39, 0.29) is 0 Å². The lowest BCUT2D eigenvalue weighted by atomic mass is 10.1. The van der Waals surface area contributed by atoms with Gasteiger partial charge in [-0.1, -0.05) is 29.3 Å². The van der Waals surface area contributed by atoms with Gasteiger partial charge in [0.25, 0.3) is 0 Å². The maximum Gasteiger partial charge on any atom is 0.0717 e. The molecular weight excluding hydrogens is 229 g/mol. The summed E-state index contributed by atoms with van der Waals surface area (Å²) in [6.45, 7) is 1.90. The highest BCUT2D eigenvalue weighted by Gasteiger charge is 2.08. The van der Waals surface area contributed by atoms with Gasteiger partial charge in [-0.05, 0) is 36.8 Å². The fourth-order valence-corrected chi connectivity index (χ4v) is 1.85. The second kappa shape index (κ2) is 4.21. The van der Waals surface area contributed by atoms with Gasteiger partial charge in [0.05, 0.1) is 10.7 Å². The minimum atomic E-state index is 0.668. The van der Waals surface area contributed by atoms with E-state index in [0.717, 1.165) is 16.8 Å². The Balaban J connectivity index is 2.60. The zero-order valence-corrected chi connectivity index (χ0v) is 9.68. The first-order chi connectivity index (χ1) is 7.20. The summed E-state index contributed by atoms with van der Waals surface area (Å²) in [6.07, 6.45) is 1.75. The number of hydrogen-bond acceptors (Lipinski definition) is 1. The van der Waals surface area contributed by atoms with E-state index in [9.17, 15) is 0 Å². The summed E-state index contributed by atoms with van der Waals surface area (Å²) in [4.78, 5) is 4.25. The molecule has 0 unspecified atom stereocenters. The number of benzene rings is 1. The highest BCUT2D eigenvalue weighted by molar-refractivity contribution is 6.37. The lowest BCUT2D eigenvalue weighted by molar-refractivity contribution is 1.32. The van der Waals surface area contributed by atoms with E-state index in [1.165, 1.54) is 0 Å². The third-order valence-electron chi connectivity index (χ3n) is 2.26. The van der Waals surface area contributed by atoms with E-state index in [4.69, 9.17) is 23.2 Å². The third kappa shape index (κ3) is 1.99. The van der Waals surface area contributed by atoms with Gasteiger partial charge in [-0.15, -0.1) is 0 Å². The van der Waals surface area contributed by atoms with Crippen LogP contribution in [0.4, 0.5) is 0 Å². The van der Waals surface area contributed by atoms with Gasteiger partial charge in [0.15, 0.2) is 0 Å². The topological polar surface area (TPSA) is 12.9 Å². The van der Waals surface area contributed by atoms with E-state index >= 15 is 0 Å². The summed E-state index contributed by atoms with van der Waals surface area (Å²) in [6, 6.07) is 9.46. The molecule has 2 aromatic rings. The van der Waals surface area contributed by atoms with Crippen LogP contribution in [0.2, 0.25) is 10.0 Å². The van der Waals surface area contributed by atoms with Gasteiger partial charge in [0, 0.05) is 16.8 Å². The first-order valence-electron chi connectivity index (χ1n) is 4.56. The summed E-state index contributed by atoms with van der Waals surface area (Å²) in [7, 11) is 0. The number of rotatable bonds is 1. The van der Waals surface area contributed by atoms with Crippen molar-refractivity contribution in [1.29, 1.82) is 0 Å². The maximum atomic E-state index is 6.21. The smallest absolute Gasteiger partial charge is 0.0717 e. The molecule has 15 heavy (non-hydrogen) atoms. The first-order valence-corrected chi connectivity index (χ1v) is 5.32. The van der Waals surface area contributed by atoms with Crippen LogP contribution < -0.4 is 0 Å². The number of hydrogen-bond donors (Lipinski definition) is 0. The molecule has 0 atom stereocenters. The monoisotopic (exact) mass is 237 g/mol. The molecule has 1 aromatic carbocycles. The van der Waals surface area contributed by atoms with Gasteiger partial charge in [-0.2, -0.15) is 0 Å². The minimum Gasteiger partial charge on any atom is -0.256 e. The van der Waals surface area contributed by atoms with Crippen molar-refractivity contribution in [2.24, 2.45) is 0 Å². The fraction of sp³-hybridized carbons (Fsp3) is 0.0833. The standard InChI is InChI=1S/C12H9Cl2N/c1-8-10(13)6-5-9(12(8)14)11-4-2-3-7-15-11/h2-7H,1H3. The van der Waals surface area contributed by atoms with Gasteiger partial charge in [-0.25, -0.2) is 0 Å². The average molecular weight is 238 g/mol. The Morgan fingerprint density at radius 2 is 1.87 bits per heavy atom. The third-order valence-corrected chi connectivity index (χ3v) is 3.16. The molecule has 0 N–H and O–H groups in total. The van der Waals surface area contributed by atoms with Gasteiger partial charge in [0.2, 0.25) is 0 Å². The Morgan fingerprint density at radius 3 is 2.53 bits per heavy atom. The SMILES string of the molecule is Cc1c(Cl)ccc(-c2ccccn2)c1Cl. The Labute approximate surface area is 98.7 Å². The normalized spacial score (nSPS) is 10.3. The van der Waals surface area contributed by atoms with Crippen molar-refractivity contribution in [3.05, 3.63) is 52.1 Å². The molecule has 0 saturated heterocycles. The second-order valence-corrected chi connectivity index (χ2v) is 4.03. The second-order valence-electron chi connectivity index (χ2n) is 3.25. The van der Waals surface area contributed by atoms with Crippen LogP contribution >= 0.6 is 23.2 Å². The van der Waals surface area contributed by atoms with Crippen LogP contribution in [0.25, 0.3) is 11.3 Å². The van der Waals surface area contributed by atoms with Gasteiger partial charge >= 0.3 is 0 Å². The molecule has 0 spiro atoms. The van der Waals surface area contributed by atoms with Crippen LogP contribution in [-0.4, -0.2) is 4.98 Å². The molecule has 1 heterocycles. The number of nitrogens with zero attached hydrogens (tertiary/aromatic N) is 1. The van der Waals surface area contributed by atoms with Gasteiger partial charge in [0.1, 0.15) is 0 Å². The predicted octanol–water partition coefficient (Wildman–Crippen LogP) is 4.36. The quantitative estimate of drug-likeness (QED) is 0.719. The van der Waals surface area contributed by atoms with Crippen molar-refractivity contribution in [3.8, 4) is 11.3 Å². The Morgan fingerprint density at radius 1 is 1.07 bits per heavy atom. The van der Waals surface area contributed by atoms with Crippen molar-refractivity contribution in [2.45, 2.75) is 6.92 Å². The summed E-state index contributed by atoms with van der Waals surface area (Å²) >= 11 is 12.2. The van der Waals surface area contributed by atoms with Gasteiger partial charge in [-0.3, -0.25) is 4.98 Å². The largest absolute Gasteiger partial charge is 0.256 e. The van der Waals surface area contributed by atoms with Crippen LogP contribution in [0.1, 0.15) is 5.56 Å². The fourth-order valence-electron chi connectivity index (χ4n) is 1.38. The molecule has 0 bridgehead atoms. The first kappa shape index (κ1) is 10.5. The molecule has 3 heteroatoms. The predicted molar refractivity (Wildman–Crippen MR) is 64.4 cm³/mol. The van der Waals surface area contributed by atoms with E-state index in [1.54, 1.807) is 6.20 Å². The van der Waals surface area contributed by atoms with Crippen molar-refractivity contribution in [1.82, 2.24) is 4.98 Å². The van der Waals surface area contributed by atoms with Crippen molar-refractivity contribution >= 4 is 23.2 Å². The molecule has 0 radical (unpaired) electrons. The molecule has 1 nitrogen and oxygen atoms in total. The molecule has 0 aliphatic rings. The van der Waals surface area contributed by atoms with E-state index in [0.29, 0.717) is 10.0 Å². The van der Waals surface area contributed by atoms with Crippen molar-refractivity contribution < 1.29 is 0 Å². The van der Waals surface area contributed by atoms with Crippen LogP contribution in [0.3, 0.4) is 0 Å². The molecule has 0 aliphatic carbocycles. The average Bonchev–Trinajstić information content (AvgIpc) is 2.27. The highest BCUT2D eigenvalue weighted by Crippen LogP contribution is 2.32. The Kier molecular flexibility index (Phi) is 2.94. The van der Waals surface area contributed by atoms with E-state index < -0.39 is 0 Å². The van der Waals surface area contributed by atoms with E-state index in [2.05, 4.69) is 4.98 Å². The van der Waals surface area contributed by atoms with Crippen molar-refractivity contribution in [3.63, 3.8) is 0 Å².